The largest absolute Gasteiger partial charge is 1.00 e. The minimum atomic E-state index is -2.86. The molecule has 11 nitrogen and oxygen atoms in total. The van der Waals surface area contributed by atoms with Crippen molar-refractivity contribution in [3.8, 4) is 0 Å². The van der Waals surface area contributed by atoms with Crippen molar-refractivity contribution in [2.75, 3.05) is 32.5 Å². The second-order valence-electron chi connectivity index (χ2n) is 8.15. The summed E-state index contributed by atoms with van der Waals surface area (Å²) in [4.78, 5) is 42.3. The van der Waals surface area contributed by atoms with E-state index in [0.29, 0.717) is 5.75 Å². The summed E-state index contributed by atoms with van der Waals surface area (Å²) in [5.41, 5.74) is -2.86. The molecule has 208 valence electrons. The van der Waals surface area contributed by atoms with Gasteiger partial charge in [0, 0.05) is 31.3 Å². The number of hydrogen-bond donors (Lipinski definition) is 3. The number of hydrogen-bond acceptors (Lipinski definition) is 11. The zero-order chi connectivity index (χ0) is 27.7. The molecule has 0 atom stereocenters. The van der Waals surface area contributed by atoms with Gasteiger partial charge in [0.25, 0.3) is 0 Å². The van der Waals surface area contributed by atoms with Crippen LogP contribution in [0.1, 0.15) is 84.0 Å². The van der Waals surface area contributed by atoms with E-state index in [4.69, 9.17) is 10.2 Å². The SMILES string of the molecule is CCCCCCCCCCCCN(C)CC(=O)[O-].O=C([O-])CC(O)(CC(=O)[O-])C(=O)O.[Na+].[Na+].[Na+].[Na+].[O-]CCS. The van der Waals surface area contributed by atoms with Crippen LogP contribution in [0.25, 0.3) is 0 Å². The van der Waals surface area contributed by atoms with E-state index < -0.39 is 42.3 Å². The predicted octanol–water partition coefficient (Wildman–Crippen LogP) is -14.0. The van der Waals surface area contributed by atoms with Gasteiger partial charge in [0.2, 0.25) is 0 Å². The van der Waals surface area contributed by atoms with Crippen molar-refractivity contribution >= 4 is 36.5 Å². The molecule has 0 spiro atoms. The monoisotopic (exact) mass is 615 g/mol. The summed E-state index contributed by atoms with van der Waals surface area (Å²) in [6, 6.07) is 0. The van der Waals surface area contributed by atoms with Crippen molar-refractivity contribution in [2.45, 2.75) is 89.6 Å². The Morgan fingerprint density at radius 3 is 1.33 bits per heavy atom. The van der Waals surface area contributed by atoms with Crippen LogP contribution >= 0.6 is 12.6 Å². The zero-order valence-corrected chi connectivity index (χ0v) is 33.8. The Morgan fingerprint density at radius 2 is 1.08 bits per heavy atom. The van der Waals surface area contributed by atoms with E-state index in [1.165, 1.54) is 57.8 Å². The fourth-order valence-electron chi connectivity index (χ4n) is 2.86. The van der Waals surface area contributed by atoms with Crippen LogP contribution in [0.5, 0.6) is 0 Å². The Labute approximate surface area is 327 Å². The van der Waals surface area contributed by atoms with Gasteiger partial charge >= 0.3 is 124 Å². The number of aliphatic hydroxyl groups is 1. The van der Waals surface area contributed by atoms with Gasteiger partial charge in [0.1, 0.15) is 0 Å². The predicted molar refractivity (Wildman–Crippen MR) is 125 cm³/mol. The quantitative estimate of drug-likeness (QED) is 0.0707. The van der Waals surface area contributed by atoms with Crippen LogP contribution in [0.4, 0.5) is 0 Å². The number of carbonyl (C=O) groups excluding carboxylic acids is 3. The molecule has 0 saturated heterocycles. The van der Waals surface area contributed by atoms with Crippen LogP contribution in [0.15, 0.2) is 0 Å². The first kappa shape index (κ1) is 56.8. The number of carboxylic acid groups (broad SMARTS) is 4. The maximum absolute atomic E-state index is 10.3. The van der Waals surface area contributed by atoms with Crippen molar-refractivity contribution in [3.63, 3.8) is 0 Å². The molecular weight excluding hydrogens is 574 g/mol. The fraction of sp³-hybridized carbons (Fsp3) is 0.826. The molecule has 0 aromatic heterocycles. The number of unbranched alkanes of at least 4 members (excludes halogenated alkanes) is 9. The number of carboxylic acids is 4. The maximum atomic E-state index is 10.3. The van der Waals surface area contributed by atoms with Crippen molar-refractivity contribution < 1.29 is 168 Å². The maximum Gasteiger partial charge on any atom is 1.00 e. The van der Waals surface area contributed by atoms with E-state index in [0.717, 1.165) is 13.0 Å². The number of thiol groups is 1. The smallest absolute Gasteiger partial charge is 0.854 e. The third kappa shape index (κ3) is 47.3. The van der Waals surface area contributed by atoms with Gasteiger partial charge in [-0.3, -0.25) is 0 Å². The molecule has 0 unspecified atom stereocenters. The molecule has 0 saturated carbocycles. The van der Waals surface area contributed by atoms with Gasteiger partial charge in [0.05, 0.1) is 5.97 Å². The Balaban J connectivity index is -0.0000000868. The second kappa shape index (κ2) is 40.1. The molecule has 0 aliphatic heterocycles. The molecule has 0 rings (SSSR count). The molecule has 0 aromatic rings. The van der Waals surface area contributed by atoms with Crippen LogP contribution in [0, 0.1) is 0 Å². The Bertz CT molecular complexity index is 575. The van der Waals surface area contributed by atoms with Crippen LogP contribution in [0.3, 0.4) is 0 Å². The fourth-order valence-corrected chi connectivity index (χ4v) is 2.86. The summed E-state index contributed by atoms with van der Waals surface area (Å²) in [5.74, 6) is -6.18. The van der Waals surface area contributed by atoms with E-state index >= 15 is 0 Å². The second-order valence-corrected chi connectivity index (χ2v) is 8.60. The molecule has 0 radical (unpaired) electrons. The number of rotatable bonds is 19. The van der Waals surface area contributed by atoms with E-state index in [1.54, 1.807) is 0 Å². The van der Waals surface area contributed by atoms with Gasteiger partial charge in [-0.1, -0.05) is 64.7 Å². The van der Waals surface area contributed by atoms with Gasteiger partial charge < -0.3 is 49.9 Å². The first-order valence-corrected chi connectivity index (χ1v) is 12.4. The molecule has 0 aliphatic carbocycles. The van der Waals surface area contributed by atoms with Crippen molar-refractivity contribution in [3.05, 3.63) is 0 Å². The van der Waals surface area contributed by atoms with E-state index in [9.17, 15) is 39.6 Å². The molecule has 0 heterocycles. The van der Waals surface area contributed by atoms with Gasteiger partial charge in [-0.25, -0.2) is 4.79 Å². The van der Waals surface area contributed by atoms with Crippen LogP contribution < -0.4 is 139 Å². The van der Waals surface area contributed by atoms with Crippen LogP contribution in [0.2, 0.25) is 0 Å². The molecule has 16 heteroatoms. The number of likely N-dealkylation sites (N-methyl/N-ethyl adjacent to an activating group) is 1. The summed E-state index contributed by atoms with van der Waals surface area (Å²) in [6.45, 7) is 3.10. The molecule has 2 N–H and O–H groups in total. The summed E-state index contributed by atoms with van der Waals surface area (Å²) >= 11 is 3.61. The van der Waals surface area contributed by atoms with E-state index in [-0.39, 0.29) is 131 Å². The third-order valence-electron chi connectivity index (χ3n) is 4.66. The van der Waals surface area contributed by atoms with Gasteiger partial charge in [0.15, 0.2) is 5.60 Å². The zero-order valence-electron chi connectivity index (χ0n) is 24.9. The molecule has 0 fully saturated rings. The average molecular weight is 616 g/mol. The molecule has 0 bridgehead atoms. The Hall–Kier alpha value is 2.11. The van der Waals surface area contributed by atoms with E-state index in [1.807, 2.05) is 11.9 Å². The summed E-state index contributed by atoms with van der Waals surface area (Å²) < 4.78 is 0. The topological polar surface area (TPSA) is 204 Å². The summed E-state index contributed by atoms with van der Waals surface area (Å²) in [5, 5.41) is 56.8. The van der Waals surface area contributed by atoms with Crippen molar-refractivity contribution in [2.24, 2.45) is 0 Å². The molecule has 0 aliphatic rings. The van der Waals surface area contributed by atoms with Crippen molar-refractivity contribution in [1.29, 1.82) is 0 Å². The average Bonchev–Trinajstić information content (AvgIpc) is 2.74. The summed E-state index contributed by atoms with van der Waals surface area (Å²) in [7, 11) is 1.84. The van der Waals surface area contributed by atoms with Gasteiger partial charge in [-0.15, -0.1) is 6.61 Å². The van der Waals surface area contributed by atoms with Gasteiger partial charge in [-0.05, 0) is 25.8 Å². The van der Waals surface area contributed by atoms with Gasteiger partial charge in [-0.2, -0.15) is 12.6 Å². The summed E-state index contributed by atoms with van der Waals surface area (Å²) in [6.07, 6.45) is 10.6. The third-order valence-corrected chi connectivity index (χ3v) is 4.84. The molecule has 0 aromatic carbocycles. The first-order valence-electron chi connectivity index (χ1n) is 11.8. The van der Waals surface area contributed by atoms with Crippen molar-refractivity contribution in [1.82, 2.24) is 4.90 Å². The minimum absolute atomic E-state index is 0. The molecular formula is C23H41NNa4O10S. The molecule has 39 heavy (non-hydrogen) atoms. The first-order chi connectivity index (χ1) is 16.4. The molecule has 0 amide bonds. The standard InChI is InChI=1S/C15H31NO2.C6H8O7.C2H5OS.4Na/c1-3-4-5-6-7-8-9-10-11-12-13-16(2)14-15(17)18;7-3(8)1-6(13,5(11)12)2-4(9)10;3-1-2-4;;;;/h3-14H2,1-2H3,(H,17,18);13H,1-2H2,(H,7,8)(H,9,10)(H,11,12);4H,1-2H2;;;;/q;;-1;4*+1/p-3. The Kier molecular flexibility index (Phi) is 58.5. The van der Waals surface area contributed by atoms with E-state index in [2.05, 4.69) is 19.6 Å². The number of nitrogens with zero attached hydrogens (tertiary/aromatic N) is 1. The van der Waals surface area contributed by atoms with Crippen LogP contribution in [-0.4, -0.2) is 77.1 Å². The minimum Gasteiger partial charge on any atom is -0.854 e. The van der Waals surface area contributed by atoms with Crippen LogP contribution in [-0.2, 0) is 19.2 Å². The number of carbonyl (C=O) groups is 4. The normalized spacial score (nSPS) is 9.49. The Morgan fingerprint density at radius 1 is 0.744 bits per heavy atom. The number of aliphatic carboxylic acids is 4.